The average molecular weight is 159 g/mol. The molecule has 0 aliphatic heterocycles. The zero-order valence-electron chi connectivity index (χ0n) is 7.42. The molecule has 0 aromatic carbocycles. The van der Waals surface area contributed by atoms with Crippen molar-refractivity contribution in [3.05, 3.63) is 0 Å². The highest BCUT2D eigenvalue weighted by atomic mass is 16.3. The van der Waals surface area contributed by atoms with E-state index in [1.54, 1.807) is 6.92 Å². The average Bonchev–Trinajstić information content (AvgIpc) is 2.02. The summed E-state index contributed by atoms with van der Waals surface area (Å²) < 4.78 is 0. The Morgan fingerprint density at radius 3 is 2.09 bits per heavy atom. The summed E-state index contributed by atoms with van der Waals surface area (Å²) in [5.41, 5.74) is 3.65. The molecule has 0 saturated carbocycles. The Kier molecular flexibility index (Phi) is 3.20. The maximum atomic E-state index is 10.5. The van der Waals surface area contributed by atoms with Crippen LogP contribution in [0.2, 0.25) is 0 Å². The molecule has 0 aromatic rings. The predicted molar refractivity (Wildman–Crippen MR) is 44.1 cm³/mol. The van der Waals surface area contributed by atoms with Crippen LogP contribution in [0.3, 0.4) is 0 Å². The van der Waals surface area contributed by atoms with Gasteiger partial charge in [0.1, 0.15) is 5.60 Å². The minimum atomic E-state index is -1.31. The van der Waals surface area contributed by atoms with E-state index >= 15 is 0 Å². The van der Waals surface area contributed by atoms with Gasteiger partial charge in [0.25, 0.3) is 0 Å². The van der Waals surface area contributed by atoms with Gasteiger partial charge in [0, 0.05) is 12.0 Å². The molecule has 3 heteroatoms. The third kappa shape index (κ3) is 1.79. The van der Waals surface area contributed by atoms with Crippen molar-refractivity contribution in [2.75, 3.05) is 6.54 Å². The summed E-state index contributed by atoms with van der Waals surface area (Å²) in [4.78, 5) is 10.5. The molecule has 11 heavy (non-hydrogen) atoms. The van der Waals surface area contributed by atoms with E-state index in [0.29, 0.717) is 19.3 Å². The van der Waals surface area contributed by atoms with Gasteiger partial charge in [0.15, 0.2) is 6.29 Å². The molecule has 2 unspecified atom stereocenters. The normalized spacial score (nSPS) is 21.9. The largest absolute Gasteiger partial charge is 0.382 e. The topological polar surface area (TPSA) is 63.3 Å². The molecule has 0 heterocycles. The van der Waals surface area contributed by atoms with Crippen molar-refractivity contribution < 1.29 is 9.90 Å². The van der Waals surface area contributed by atoms with E-state index in [0.717, 1.165) is 0 Å². The first kappa shape index (κ1) is 10.6. The molecule has 66 valence electrons. The lowest BCUT2D eigenvalue weighted by Gasteiger charge is -2.37. The van der Waals surface area contributed by atoms with Crippen molar-refractivity contribution in [2.24, 2.45) is 11.1 Å². The van der Waals surface area contributed by atoms with Gasteiger partial charge < -0.3 is 15.6 Å². The van der Waals surface area contributed by atoms with Gasteiger partial charge in [-0.15, -0.1) is 0 Å². The molecule has 0 aliphatic carbocycles. The zero-order chi connectivity index (χ0) is 9.12. The fourth-order valence-electron chi connectivity index (χ4n) is 0.851. The molecule has 0 bridgehead atoms. The van der Waals surface area contributed by atoms with Crippen LogP contribution >= 0.6 is 0 Å². The number of carbonyl (C=O) groups is 1. The quantitative estimate of drug-likeness (QED) is 0.580. The summed E-state index contributed by atoms with van der Waals surface area (Å²) in [5, 5.41) is 9.59. The molecule has 2 atom stereocenters. The minimum absolute atomic E-state index is 0.315. The molecule has 0 rings (SSSR count). The van der Waals surface area contributed by atoms with E-state index in [-0.39, 0.29) is 0 Å². The molecule has 0 radical (unpaired) electrons. The molecule has 0 fully saturated rings. The lowest BCUT2D eigenvalue weighted by atomic mass is 9.73. The lowest BCUT2D eigenvalue weighted by molar-refractivity contribution is -0.135. The number of aliphatic hydroxyl groups is 1. The van der Waals surface area contributed by atoms with E-state index in [4.69, 9.17) is 5.73 Å². The molecule has 0 aromatic heterocycles. The maximum absolute atomic E-state index is 10.5. The Hall–Kier alpha value is -0.410. The van der Waals surface area contributed by atoms with Gasteiger partial charge in [-0.1, -0.05) is 13.8 Å². The Balaban J connectivity index is 4.60. The van der Waals surface area contributed by atoms with Crippen LogP contribution < -0.4 is 5.73 Å². The molecule has 3 N–H and O–H groups in total. The van der Waals surface area contributed by atoms with Crippen LogP contribution in [0.5, 0.6) is 0 Å². The monoisotopic (exact) mass is 159 g/mol. The van der Waals surface area contributed by atoms with Gasteiger partial charge in [-0.2, -0.15) is 0 Å². The first-order valence-corrected chi connectivity index (χ1v) is 3.82. The maximum Gasteiger partial charge on any atom is 0.151 e. The van der Waals surface area contributed by atoms with E-state index in [2.05, 4.69) is 0 Å². The summed E-state index contributed by atoms with van der Waals surface area (Å²) in [6, 6.07) is 0. The van der Waals surface area contributed by atoms with Crippen molar-refractivity contribution in [2.45, 2.75) is 32.8 Å². The highest BCUT2D eigenvalue weighted by molar-refractivity contribution is 5.63. The predicted octanol–water partition coefficient (Wildman–Crippen LogP) is 0.311. The standard InChI is InChI=1S/C8H17NO2/c1-4-7(2,5-9)8(3,11)6-10/h6,11H,4-5,9H2,1-3H3. The molecule has 0 saturated heterocycles. The second-order valence-corrected chi connectivity index (χ2v) is 3.38. The first-order valence-electron chi connectivity index (χ1n) is 3.82. The molecule has 0 aliphatic rings. The Labute approximate surface area is 67.6 Å². The molecule has 3 nitrogen and oxygen atoms in total. The second-order valence-electron chi connectivity index (χ2n) is 3.38. The van der Waals surface area contributed by atoms with Gasteiger partial charge >= 0.3 is 0 Å². The third-order valence-corrected chi connectivity index (χ3v) is 2.68. The Bertz CT molecular complexity index is 139. The van der Waals surface area contributed by atoms with Gasteiger partial charge in [-0.25, -0.2) is 0 Å². The third-order valence-electron chi connectivity index (χ3n) is 2.68. The minimum Gasteiger partial charge on any atom is -0.382 e. The van der Waals surface area contributed by atoms with Crippen molar-refractivity contribution in [3.8, 4) is 0 Å². The van der Waals surface area contributed by atoms with Gasteiger partial charge in [0.05, 0.1) is 0 Å². The fraction of sp³-hybridized carbons (Fsp3) is 0.875. The summed E-state index contributed by atoms with van der Waals surface area (Å²) in [6.45, 7) is 5.53. The highest BCUT2D eigenvalue weighted by Crippen LogP contribution is 2.31. The van der Waals surface area contributed by atoms with Crippen molar-refractivity contribution in [1.29, 1.82) is 0 Å². The molecular formula is C8H17NO2. The van der Waals surface area contributed by atoms with Crippen LogP contribution in [-0.2, 0) is 4.79 Å². The van der Waals surface area contributed by atoms with Crippen molar-refractivity contribution >= 4 is 6.29 Å². The van der Waals surface area contributed by atoms with Crippen molar-refractivity contribution in [3.63, 3.8) is 0 Å². The Morgan fingerprint density at radius 2 is 2.00 bits per heavy atom. The fourth-order valence-corrected chi connectivity index (χ4v) is 0.851. The molecular weight excluding hydrogens is 142 g/mol. The summed E-state index contributed by atoms with van der Waals surface area (Å²) in [5.74, 6) is 0. The molecule has 0 spiro atoms. The number of hydrogen-bond donors (Lipinski definition) is 2. The van der Waals surface area contributed by atoms with Crippen LogP contribution in [0.1, 0.15) is 27.2 Å². The first-order chi connectivity index (χ1) is 4.93. The van der Waals surface area contributed by atoms with Gasteiger partial charge in [-0.05, 0) is 13.3 Å². The summed E-state index contributed by atoms with van der Waals surface area (Å²) in [7, 11) is 0. The van der Waals surface area contributed by atoms with E-state index < -0.39 is 11.0 Å². The summed E-state index contributed by atoms with van der Waals surface area (Å²) in [6.07, 6.45) is 1.25. The van der Waals surface area contributed by atoms with Gasteiger partial charge in [-0.3, -0.25) is 0 Å². The van der Waals surface area contributed by atoms with Gasteiger partial charge in [0.2, 0.25) is 0 Å². The Morgan fingerprint density at radius 1 is 1.55 bits per heavy atom. The number of carbonyl (C=O) groups excluding carboxylic acids is 1. The zero-order valence-corrected chi connectivity index (χ0v) is 7.42. The molecule has 0 amide bonds. The number of nitrogens with two attached hydrogens (primary N) is 1. The second kappa shape index (κ2) is 3.32. The van der Waals surface area contributed by atoms with Crippen LogP contribution in [0.25, 0.3) is 0 Å². The van der Waals surface area contributed by atoms with Crippen molar-refractivity contribution in [1.82, 2.24) is 0 Å². The van der Waals surface area contributed by atoms with E-state index in [1.165, 1.54) is 6.92 Å². The number of aldehydes is 1. The number of rotatable bonds is 4. The van der Waals surface area contributed by atoms with Crippen LogP contribution in [0, 0.1) is 5.41 Å². The van der Waals surface area contributed by atoms with E-state index in [9.17, 15) is 9.90 Å². The lowest BCUT2D eigenvalue weighted by Crippen LogP contribution is -2.49. The van der Waals surface area contributed by atoms with Crippen LogP contribution in [0.15, 0.2) is 0 Å². The smallest absolute Gasteiger partial charge is 0.151 e. The SMILES string of the molecule is CCC(C)(CN)C(C)(O)C=O. The summed E-state index contributed by atoms with van der Waals surface area (Å²) >= 11 is 0. The van der Waals surface area contributed by atoms with E-state index in [1.807, 2.05) is 6.92 Å². The van der Waals surface area contributed by atoms with Crippen LogP contribution in [-0.4, -0.2) is 23.5 Å². The highest BCUT2D eigenvalue weighted by Gasteiger charge is 2.40. The number of hydrogen-bond acceptors (Lipinski definition) is 3. The van der Waals surface area contributed by atoms with Crippen LogP contribution in [0.4, 0.5) is 0 Å².